The summed E-state index contributed by atoms with van der Waals surface area (Å²) < 4.78 is 0. The zero-order valence-electron chi connectivity index (χ0n) is 12.0. The summed E-state index contributed by atoms with van der Waals surface area (Å²) in [6.07, 6.45) is 10.3. The zero-order chi connectivity index (χ0) is 14.2. The van der Waals surface area contributed by atoms with Crippen LogP contribution in [0.3, 0.4) is 0 Å². The molecule has 4 N–H and O–H groups in total. The maximum atomic E-state index is 11.9. The Kier molecular flexibility index (Phi) is 3.61. The normalized spacial score (nSPS) is 34.7. The maximum absolute atomic E-state index is 11.9. The van der Waals surface area contributed by atoms with E-state index in [0.29, 0.717) is 24.3 Å². The Bertz CT molecular complexity index is 398. The van der Waals surface area contributed by atoms with Gasteiger partial charge in [0.15, 0.2) is 0 Å². The summed E-state index contributed by atoms with van der Waals surface area (Å²) in [5.74, 6) is -0.295. The van der Waals surface area contributed by atoms with E-state index < -0.39 is 0 Å². The second-order valence-corrected chi connectivity index (χ2v) is 7.03. The molecule has 3 aliphatic carbocycles. The summed E-state index contributed by atoms with van der Waals surface area (Å²) in [4.78, 5) is 22.9. The quantitative estimate of drug-likeness (QED) is 0.734. The molecule has 5 nitrogen and oxygen atoms in total. The number of rotatable bonds is 3. The van der Waals surface area contributed by atoms with Crippen molar-refractivity contribution in [2.45, 2.75) is 69.9 Å². The second-order valence-electron chi connectivity index (χ2n) is 7.03. The Labute approximate surface area is 120 Å². The van der Waals surface area contributed by atoms with E-state index in [-0.39, 0.29) is 23.9 Å². The minimum Gasteiger partial charge on any atom is -0.369 e. The minimum absolute atomic E-state index is 0.0476. The van der Waals surface area contributed by atoms with Gasteiger partial charge in [0, 0.05) is 18.0 Å². The molecule has 5 heteroatoms. The third-order valence-electron chi connectivity index (χ3n) is 5.58. The average Bonchev–Trinajstić information content (AvgIpc) is 2.94. The first-order valence-corrected chi connectivity index (χ1v) is 7.93. The molecule has 1 spiro atoms. The van der Waals surface area contributed by atoms with Gasteiger partial charge in [-0.05, 0) is 50.4 Å². The van der Waals surface area contributed by atoms with Crippen LogP contribution in [0.15, 0.2) is 0 Å². The van der Waals surface area contributed by atoms with Gasteiger partial charge in [-0.2, -0.15) is 0 Å². The summed E-state index contributed by atoms with van der Waals surface area (Å²) in [5.41, 5.74) is 5.76. The highest BCUT2D eigenvalue weighted by atomic mass is 16.2. The van der Waals surface area contributed by atoms with Crippen LogP contribution in [0.5, 0.6) is 0 Å². The molecule has 3 rings (SSSR count). The third-order valence-corrected chi connectivity index (χ3v) is 5.58. The Morgan fingerprint density at radius 2 is 1.65 bits per heavy atom. The molecule has 0 radical (unpaired) electrons. The summed E-state index contributed by atoms with van der Waals surface area (Å²) in [6.45, 7) is 0. The molecule has 3 aliphatic rings. The van der Waals surface area contributed by atoms with Crippen LogP contribution in [0.25, 0.3) is 0 Å². The van der Waals surface area contributed by atoms with Crippen LogP contribution in [0.1, 0.15) is 57.8 Å². The van der Waals surface area contributed by atoms with Crippen molar-refractivity contribution in [3.05, 3.63) is 0 Å². The summed E-state index contributed by atoms with van der Waals surface area (Å²) >= 11 is 0. The second kappa shape index (κ2) is 5.26. The van der Waals surface area contributed by atoms with Gasteiger partial charge in [0.05, 0.1) is 0 Å². The molecule has 3 fully saturated rings. The number of primary amides is 1. The Hall–Kier alpha value is -1.26. The molecule has 0 bridgehead atoms. The first-order valence-electron chi connectivity index (χ1n) is 7.93. The van der Waals surface area contributed by atoms with Crippen molar-refractivity contribution in [3.63, 3.8) is 0 Å². The smallest absolute Gasteiger partial charge is 0.315 e. The van der Waals surface area contributed by atoms with Crippen molar-refractivity contribution in [3.8, 4) is 0 Å². The highest BCUT2D eigenvalue weighted by molar-refractivity contribution is 5.79. The van der Waals surface area contributed by atoms with Crippen LogP contribution in [0.2, 0.25) is 0 Å². The summed E-state index contributed by atoms with van der Waals surface area (Å²) in [5, 5.41) is 6.06. The van der Waals surface area contributed by atoms with Gasteiger partial charge in [-0.25, -0.2) is 4.79 Å². The lowest BCUT2D eigenvalue weighted by atomic mass is 9.80. The fourth-order valence-electron chi connectivity index (χ4n) is 4.29. The van der Waals surface area contributed by atoms with E-state index in [0.717, 1.165) is 12.8 Å². The lowest BCUT2D eigenvalue weighted by Gasteiger charge is -2.34. The van der Waals surface area contributed by atoms with E-state index in [1.807, 2.05) is 0 Å². The van der Waals surface area contributed by atoms with Crippen molar-refractivity contribution in [1.82, 2.24) is 10.6 Å². The van der Waals surface area contributed by atoms with E-state index in [1.54, 1.807) is 0 Å². The molecule has 0 aromatic rings. The number of nitrogens with two attached hydrogens (primary N) is 1. The molecule has 0 aliphatic heterocycles. The van der Waals surface area contributed by atoms with Crippen molar-refractivity contribution < 1.29 is 9.59 Å². The van der Waals surface area contributed by atoms with Crippen molar-refractivity contribution >= 4 is 11.9 Å². The first kappa shape index (κ1) is 13.7. The molecule has 3 saturated carbocycles. The first-order chi connectivity index (χ1) is 9.56. The molecule has 0 heterocycles. The monoisotopic (exact) mass is 279 g/mol. The SMILES string of the molecule is NC(=O)C1CC(NC(=O)NC2CCC3(CCCC3)C2)C1. The van der Waals surface area contributed by atoms with Gasteiger partial charge in [-0.15, -0.1) is 0 Å². The van der Waals surface area contributed by atoms with Gasteiger partial charge < -0.3 is 16.4 Å². The van der Waals surface area contributed by atoms with Crippen LogP contribution in [-0.2, 0) is 4.79 Å². The number of hydrogen-bond donors (Lipinski definition) is 3. The van der Waals surface area contributed by atoms with E-state index in [1.165, 1.54) is 32.1 Å². The lowest BCUT2D eigenvalue weighted by Crippen LogP contribution is -2.52. The van der Waals surface area contributed by atoms with Gasteiger partial charge in [-0.1, -0.05) is 12.8 Å². The van der Waals surface area contributed by atoms with Crippen molar-refractivity contribution in [2.24, 2.45) is 17.1 Å². The van der Waals surface area contributed by atoms with Crippen LogP contribution in [0, 0.1) is 11.3 Å². The highest BCUT2D eigenvalue weighted by Gasteiger charge is 2.41. The van der Waals surface area contributed by atoms with Crippen LogP contribution >= 0.6 is 0 Å². The highest BCUT2D eigenvalue weighted by Crippen LogP contribution is 2.50. The summed E-state index contributed by atoms with van der Waals surface area (Å²) in [6, 6.07) is 0.382. The van der Waals surface area contributed by atoms with E-state index in [4.69, 9.17) is 5.73 Å². The number of nitrogens with one attached hydrogen (secondary N) is 2. The van der Waals surface area contributed by atoms with Crippen molar-refractivity contribution in [1.29, 1.82) is 0 Å². The third kappa shape index (κ3) is 2.76. The van der Waals surface area contributed by atoms with Crippen LogP contribution in [0.4, 0.5) is 4.79 Å². The largest absolute Gasteiger partial charge is 0.369 e. The van der Waals surface area contributed by atoms with Gasteiger partial charge in [0.2, 0.25) is 5.91 Å². The maximum Gasteiger partial charge on any atom is 0.315 e. The molecule has 0 aromatic heterocycles. The van der Waals surface area contributed by atoms with Crippen LogP contribution < -0.4 is 16.4 Å². The fourth-order valence-corrected chi connectivity index (χ4v) is 4.29. The predicted molar refractivity (Wildman–Crippen MR) is 75.9 cm³/mol. The fraction of sp³-hybridized carbons (Fsp3) is 0.867. The van der Waals surface area contributed by atoms with Crippen molar-refractivity contribution in [2.75, 3.05) is 0 Å². The topological polar surface area (TPSA) is 84.2 Å². The number of carbonyl (C=O) groups excluding carboxylic acids is 2. The molecular formula is C15H25N3O2. The van der Waals surface area contributed by atoms with E-state index >= 15 is 0 Å². The van der Waals surface area contributed by atoms with Gasteiger partial charge in [-0.3, -0.25) is 4.79 Å². The molecular weight excluding hydrogens is 254 g/mol. The Morgan fingerprint density at radius 1 is 1.00 bits per heavy atom. The standard InChI is InChI=1S/C15H25N3O2/c16-13(19)10-7-12(8-10)18-14(20)17-11-3-6-15(9-11)4-1-2-5-15/h10-12H,1-9H2,(H2,16,19)(H2,17,18,20). The molecule has 3 amide bonds. The Balaban J connectivity index is 1.39. The minimum atomic E-state index is -0.248. The number of urea groups is 1. The number of hydrogen-bond acceptors (Lipinski definition) is 2. The van der Waals surface area contributed by atoms with E-state index in [9.17, 15) is 9.59 Å². The lowest BCUT2D eigenvalue weighted by molar-refractivity contribution is -0.124. The molecule has 20 heavy (non-hydrogen) atoms. The van der Waals surface area contributed by atoms with E-state index in [2.05, 4.69) is 10.6 Å². The van der Waals surface area contributed by atoms with Gasteiger partial charge >= 0.3 is 6.03 Å². The van der Waals surface area contributed by atoms with Gasteiger partial charge in [0.1, 0.15) is 0 Å². The molecule has 112 valence electrons. The average molecular weight is 279 g/mol. The molecule has 1 unspecified atom stereocenters. The van der Waals surface area contributed by atoms with Gasteiger partial charge in [0.25, 0.3) is 0 Å². The van der Waals surface area contributed by atoms with Crippen LogP contribution in [-0.4, -0.2) is 24.0 Å². The number of carbonyl (C=O) groups is 2. The molecule has 0 saturated heterocycles. The molecule has 1 atom stereocenters. The zero-order valence-corrected chi connectivity index (χ0v) is 12.0. The number of amides is 3. The predicted octanol–water partition coefficient (Wildman–Crippen LogP) is 1.66. The summed E-state index contributed by atoms with van der Waals surface area (Å²) in [7, 11) is 0. The Morgan fingerprint density at radius 3 is 2.30 bits per heavy atom. The molecule has 0 aromatic carbocycles.